The number of hydrogen-bond donors (Lipinski definition) is 1. The molecule has 1 atom stereocenters. The minimum Gasteiger partial charge on any atom is -0.487 e. The summed E-state index contributed by atoms with van der Waals surface area (Å²) in [6.07, 6.45) is 5.78. The Bertz CT molecular complexity index is 799. The molecule has 2 aliphatic rings. The summed E-state index contributed by atoms with van der Waals surface area (Å²) in [6.45, 7) is 2.71. The van der Waals surface area contributed by atoms with Crippen molar-refractivity contribution in [3.8, 4) is 5.75 Å². The lowest BCUT2D eigenvalue weighted by atomic mass is 9.88. The lowest BCUT2D eigenvalue weighted by Gasteiger charge is -2.40. The Labute approximate surface area is 165 Å². The average molecular weight is 382 g/mol. The quantitative estimate of drug-likeness (QED) is 0.775. The third-order valence-electron chi connectivity index (χ3n) is 5.66. The Morgan fingerprint density at radius 2 is 1.96 bits per heavy atom. The van der Waals surface area contributed by atoms with Crippen LogP contribution in [0.2, 0.25) is 0 Å². The molecule has 1 unspecified atom stereocenters. The van der Waals surface area contributed by atoms with E-state index in [1.165, 1.54) is 24.0 Å². The molecule has 1 N–H and O–H groups in total. The van der Waals surface area contributed by atoms with Gasteiger partial charge in [0.15, 0.2) is 0 Å². The van der Waals surface area contributed by atoms with Gasteiger partial charge in [0.25, 0.3) is 0 Å². The summed E-state index contributed by atoms with van der Waals surface area (Å²) in [6, 6.07) is 16.5. The first-order valence-electron chi connectivity index (χ1n) is 9.85. The SMILES string of the molecule is Cc1ccc2c(c1)C(SCC(=O)NCc1ccccc1)CC1(CCCC1)O2. The summed E-state index contributed by atoms with van der Waals surface area (Å²) in [5.41, 5.74) is 3.63. The van der Waals surface area contributed by atoms with Crippen LogP contribution >= 0.6 is 11.8 Å². The number of fused-ring (bicyclic) bond motifs is 1. The van der Waals surface area contributed by atoms with Gasteiger partial charge in [-0.05, 0) is 44.2 Å². The van der Waals surface area contributed by atoms with E-state index < -0.39 is 0 Å². The van der Waals surface area contributed by atoms with Gasteiger partial charge in [-0.3, -0.25) is 4.79 Å². The predicted molar refractivity (Wildman–Crippen MR) is 111 cm³/mol. The molecule has 3 nitrogen and oxygen atoms in total. The van der Waals surface area contributed by atoms with Gasteiger partial charge >= 0.3 is 0 Å². The molecule has 0 aromatic heterocycles. The third kappa shape index (κ3) is 4.32. The number of aryl methyl sites for hydroxylation is 1. The number of benzene rings is 2. The molecule has 1 heterocycles. The van der Waals surface area contributed by atoms with Gasteiger partial charge in [0.2, 0.25) is 5.91 Å². The molecule has 1 fully saturated rings. The zero-order valence-corrected chi connectivity index (χ0v) is 16.7. The first kappa shape index (κ1) is 18.4. The minimum absolute atomic E-state index is 0.0135. The van der Waals surface area contributed by atoms with Crippen LogP contribution in [0.5, 0.6) is 5.75 Å². The maximum atomic E-state index is 12.4. The Balaban J connectivity index is 1.41. The molecule has 4 heteroatoms. The number of rotatable bonds is 5. The molecule has 1 spiro atoms. The molecule has 2 aromatic carbocycles. The van der Waals surface area contributed by atoms with Crippen molar-refractivity contribution in [3.05, 3.63) is 65.2 Å². The fourth-order valence-electron chi connectivity index (χ4n) is 4.23. The summed E-state index contributed by atoms with van der Waals surface area (Å²) in [5.74, 6) is 1.61. The second kappa shape index (κ2) is 7.97. The van der Waals surface area contributed by atoms with Gasteiger partial charge in [-0.25, -0.2) is 0 Å². The molecule has 1 saturated carbocycles. The van der Waals surface area contributed by atoms with Crippen molar-refractivity contribution in [1.82, 2.24) is 5.32 Å². The van der Waals surface area contributed by atoms with E-state index in [1.54, 1.807) is 11.8 Å². The monoisotopic (exact) mass is 381 g/mol. The zero-order chi connectivity index (χ0) is 18.7. The molecule has 1 amide bonds. The van der Waals surface area contributed by atoms with E-state index in [2.05, 4.69) is 30.4 Å². The molecule has 1 aliphatic carbocycles. The number of thioether (sulfide) groups is 1. The number of ether oxygens (including phenoxy) is 1. The Morgan fingerprint density at radius 1 is 1.19 bits per heavy atom. The van der Waals surface area contributed by atoms with Crippen LogP contribution in [0.25, 0.3) is 0 Å². The summed E-state index contributed by atoms with van der Waals surface area (Å²) in [7, 11) is 0. The molecule has 2 aromatic rings. The van der Waals surface area contributed by atoms with Crippen LogP contribution in [0.15, 0.2) is 48.5 Å². The standard InChI is InChI=1S/C23H27NO2S/c1-17-9-10-20-19(13-17)21(14-23(26-20)11-5-6-12-23)27-16-22(25)24-15-18-7-3-2-4-8-18/h2-4,7-10,13,21H,5-6,11-12,14-16H2,1H3,(H,24,25). The Morgan fingerprint density at radius 3 is 2.74 bits per heavy atom. The highest BCUT2D eigenvalue weighted by Gasteiger charge is 2.43. The van der Waals surface area contributed by atoms with Crippen molar-refractivity contribution in [1.29, 1.82) is 0 Å². The molecule has 0 radical (unpaired) electrons. The van der Waals surface area contributed by atoms with Crippen molar-refractivity contribution < 1.29 is 9.53 Å². The van der Waals surface area contributed by atoms with Gasteiger partial charge in [0.1, 0.15) is 11.4 Å². The maximum Gasteiger partial charge on any atom is 0.230 e. The smallest absolute Gasteiger partial charge is 0.230 e. The van der Waals surface area contributed by atoms with Crippen molar-refractivity contribution >= 4 is 17.7 Å². The highest BCUT2D eigenvalue weighted by Crippen LogP contribution is 2.51. The van der Waals surface area contributed by atoms with E-state index >= 15 is 0 Å². The highest BCUT2D eigenvalue weighted by atomic mass is 32.2. The average Bonchev–Trinajstić information content (AvgIpc) is 3.13. The molecule has 1 aliphatic heterocycles. The van der Waals surface area contributed by atoms with E-state index in [-0.39, 0.29) is 11.5 Å². The first-order chi connectivity index (χ1) is 13.1. The number of hydrogen-bond acceptors (Lipinski definition) is 3. The normalized spacial score (nSPS) is 20.1. The topological polar surface area (TPSA) is 38.3 Å². The third-order valence-corrected chi connectivity index (χ3v) is 6.91. The number of amides is 1. The Kier molecular flexibility index (Phi) is 5.44. The predicted octanol–water partition coefficient (Wildman–Crippen LogP) is 5.18. The van der Waals surface area contributed by atoms with Crippen molar-refractivity contribution in [2.24, 2.45) is 0 Å². The fourth-order valence-corrected chi connectivity index (χ4v) is 5.47. The highest BCUT2D eigenvalue weighted by molar-refractivity contribution is 8.00. The van der Waals surface area contributed by atoms with E-state index in [0.29, 0.717) is 17.5 Å². The van der Waals surface area contributed by atoms with Gasteiger partial charge in [-0.2, -0.15) is 0 Å². The lowest BCUT2D eigenvalue weighted by Crippen LogP contribution is -2.38. The van der Waals surface area contributed by atoms with Gasteiger partial charge in [0.05, 0.1) is 5.75 Å². The molecule has 27 heavy (non-hydrogen) atoms. The number of nitrogens with one attached hydrogen (secondary N) is 1. The summed E-state index contributed by atoms with van der Waals surface area (Å²) in [5, 5.41) is 3.37. The summed E-state index contributed by atoms with van der Waals surface area (Å²) >= 11 is 1.76. The zero-order valence-electron chi connectivity index (χ0n) is 15.9. The maximum absolute atomic E-state index is 12.4. The van der Waals surface area contributed by atoms with Crippen molar-refractivity contribution in [3.63, 3.8) is 0 Å². The molecule has 4 rings (SSSR count). The van der Waals surface area contributed by atoms with Gasteiger partial charge in [0, 0.05) is 23.8 Å². The van der Waals surface area contributed by atoms with E-state index in [1.807, 2.05) is 30.3 Å². The van der Waals surface area contributed by atoms with Crippen LogP contribution in [-0.4, -0.2) is 17.3 Å². The largest absolute Gasteiger partial charge is 0.487 e. The second-order valence-corrected chi connectivity index (χ2v) is 8.99. The van der Waals surface area contributed by atoms with Crippen LogP contribution in [0.3, 0.4) is 0 Å². The molecular formula is C23H27NO2S. The van der Waals surface area contributed by atoms with E-state index in [0.717, 1.165) is 30.6 Å². The summed E-state index contributed by atoms with van der Waals surface area (Å²) in [4.78, 5) is 12.4. The van der Waals surface area contributed by atoms with Crippen LogP contribution in [0.4, 0.5) is 0 Å². The van der Waals surface area contributed by atoms with Crippen LogP contribution in [0, 0.1) is 6.92 Å². The fraction of sp³-hybridized carbons (Fsp3) is 0.435. The molecule has 142 valence electrons. The molecule has 0 saturated heterocycles. The van der Waals surface area contributed by atoms with Crippen LogP contribution in [0.1, 0.15) is 54.0 Å². The second-order valence-electron chi connectivity index (χ2n) is 7.80. The van der Waals surface area contributed by atoms with E-state index in [9.17, 15) is 4.79 Å². The van der Waals surface area contributed by atoms with Crippen molar-refractivity contribution in [2.45, 2.75) is 56.4 Å². The minimum atomic E-state index is -0.0135. The number of carbonyl (C=O) groups is 1. The van der Waals surface area contributed by atoms with Gasteiger partial charge in [-0.1, -0.05) is 48.0 Å². The number of carbonyl (C=O) groups excluding carboxylic acids is 1. The Hall–Kier alpha value is -1.94. The van der Waals surface area contributed by atoms with Crippen LogP contribution in [-0.2, 0) is 11.3 Å². The van der Waals surface area contributed by atoms with Crippen LogP contribution < -0.4 is 10.1 Å². The van der Waals surface area contributed by atoms with Gasteiger partial charge < -0.3 is 10.1 Å². The lowest BCUT2D eigenvalue weighted by molar-refractivity contribution is -0.118. The molecular weight excluding hydrogens is 354 g/mol. The van der Waals surface area contributed by atoms with E-state index in [4.69, 9.17) is 4.74 Å². The first-order valence-corrected chi connectivity index (χ1v) is 10.9. The van der Waals surface area contributed by atoms with Gasteiger partial charge in [-0.15, -0.1) is 11.8 Å². The molecule has 0 bridgehead atoms. The summed E-state index contributed by atoms with van der Waals surface area (Å²) < 4.78 is 6.46. The van der Waals surface area contributed by atoms with Crippen molar-refractivity contribution in [2.75, 3.05) is 5.75 Å².